The molecule has 0 saturated carbocycles. The highest BCUT2D eigenvalue weighted by Gasteiger charge is 2.21. The van der Waals surface area contributed by atoms with Crippen LogP contribution in [-0.2, 0) is 6.42 Å². The van der Waals surface area contributed by atoms with Crippen LogP contribution < -0.4 is 19.5 Å². The van der Waals surface area contributed by atoms with E-state index in [1.165, 1.54) is 0 Å². The number of anilines is 1. The first-order valence-electron chi connectivity index (χ1n) is 6.90. The zero-order chi connectivity index (χ0) is 14.2. The summed E-state index contributed by atoms with van der Waals surface area (Å²) in [6.07, 6.45) is 0.776. The van der Waals surface area contributed by atoms with Crippen molar-refractivity contribution >= 4 is 5.69 Å². The first kappa shape index (κ1) is 12.2. The molecule has 108 valence electrons. The van der Waals surface area contributed by atoms with Crippen molar-refractivity contribution in [1.29, 1.82) is 0 Å². The molecule has 5 nitrogen and oxygen atoms in total. The smallest absolute Gasteiger partial charge is 0.231 e. The van der Waals surface area contributed by atoms with E-state index in [0.29, 0.717) is 5.75 Å². The van der Waals surface area contributed by atoms with E-state index in [9.17, 15) is 5.11 Å². The van der Waals surface area contributed by atoms with E-state index >= 15 is 0 Å². The van der Waals surface area contributed by atoms with Gasteiger partial charge in [-0.1, -0.05) is 6.07 Å². The van der Waals surface area contributed by atoms with E-state index in [-0.39, 0.29) is 18.6 Å². The minimum absolute atomic E-state index is 0.0136. The Balaban J connectivity index is 1.51. The van der Waals surface area contributed by atoms with E-state index in [1.807, 2.05) is 24.3 Å². The zero-order valence-electron chi connectivity index (χ0n) is 11.3. The Morgan fingerprint density at radius 3 is 2.90 bits per heavy atom. The lowest BCUT2D eigenvalue weighted by Gasteiger charge is -2.27. The van der Waals surface area contributed by atoms with E-state index in [1.54, 1.807) is 12.1 Å². The summed E-state index contributed by atoms with van der Waals surface area (Å²) in [4.78, 5) is 0. The molecule has 2 aliphatic heterocycles. The summed E-state index contributed by atoms with van der Waals surface area (Å²) in [5.41, 5.74) is 2.05. The van der Waals surface area contributed by atoms with E-state index in [2.05, 4.69) is 5.32 Å². The summed E-state index contributed by atoms with van der Waals surface area (Å²) >= 11 is 0. The zero-order valence-corrected chi connectivity index (χ0v) is 11.3. The fourth-order valence-electron chi connectivity index (χ4n) is 2.64. The predicted octanol–water partition coefficient (Wildman–Crippen LogP) is 2.54. The molecular formula is C16H15NO4. The molecule has 0 fully saturated rings. The van der Waals surface area contributed by atoms with Gasteiger partial charge in [0.15, 0.2) is 11.5 Å². The average molecular weight is 285 g/mol. The van der Waals surface area contributed by atoms with Crippen LogP contribution in [0.4, 0.5) is 5.69 Å². The first-order chi connectivity index (χ1) is 10.3. The molecule has 2 heterocycles. The van der Waals surface area contributed by atoms with E-state index in [0.717, 1.165) is 35.7 Å². The molecule has 0 spiro atoms. The van der Waals surface area contributed by atoms with Crippen molar-refractivity contribution in [3.63, 3.8) is 0 Å². The molecule has 1 unspecified atom stereocenters. The first-order valence-corrected chi connectivity index (χ1v) is 6.90. The molecule has 2 N–H and O–H groups in total. The van der Waals surface area contributed by atoms with Crippen molar-refractivity contribution in [2.45, 2.75) is 12.5 Å². The Morgan fingerprint density at radius 1 is 1.05 bits per heavy atom. The third-order valence-corrected chi connectivity index (χ3v) is 3.68. The van der Waals surface area contributed by atoms with Crippen LogP contribution >= 0.6 is 0 Å². The molecule has 2 aliphatic rings. The number of benzene rings is 2. The van der Waals surface area contributed by atoms with Crippen LogP contribution in [0.1, 0.15) is 5.56 Å². The van der Waals surface area contributed by atoms with Crippen molar-refractivity contribution in [2.24, 2.45) is 0 Å². The summed E-state index contributed by atoms with van der Waals surface area (Å²) in [5, 5.41) is 12.9. The Bertz CT molecular complexity index is 686. The highest BCUT2D eigenvalue weighted by molar-refractivity contribution is 5.60. The van der Waals surface area contributed by atoms with Gasteiger partial charge in [0.25, 0.3) is 0 Å². The standard InChI is InChI=1S/C16H15NO4/c18-11-2-3-13-15(7-11)21-12(8-17-13)5-10-1-4-14-16(6-10)20-9-19-14/h1-4,6-7,12,17-18H,5,8-9H2. The molecule has 0 radical (unpaired) electrons. The van der Waals surface area contributed by atoms with Crippen LogP contribution in [0.15, 0.2) is 36.4 Å². The summed E-state index contributed by atoms with van der Waals surface area (Å²) in [6.45, 7) is 1.01. The lowest BCUT2D eigenvalue weighted by atomic mass is 10.1. The second kappa shape index (κ2) is 4.77. The third kappa shape index (κ3) is 2.31. The van der Waals surface area contributed by atoms with Crippen molar-refractivity contribution < 1.29 is 19.3 Å². The number of fused-ring (bicyclic) bond motifs is 2. The van der Waals surface area contributed by atoms with Gasteiger partial charge in [0.2, 0.25) is 6.79 Å². The van der Waals surface area contributed by atoms with Gasteiger partial charge in [-0.15, -0.1) is 0 Å². The Hall–Kier alpha value is -2.56. The molecular weight excluding hydrogens is 270 g/mol. The molecule has 0 bridgehead atoms. The molecule has 2 aromatic carbocycles. The van der Waals surface area contributed by atoms with Gasteiger partial charge in [-0.2, -0.15) is 0 Å². The molecule has 4 rings (SSSR count). The second-order valence-corrected chi connectivity index (χ2v) is 5.19. The largest absolute Gasteiger partial charge is 0.508 e. The predicted molar refractivity (Wildman–Crippen MR) is 77.3 cm³/mol. The lowest BCUT2D eigenvalue weighted by molar-refractivity contribution is 0.174. The van der Waals surface area contributed by atoms with Crippen molar-refractivity contribution in [2.75, 3.05) is 18.7 Å². The topological polar surface area (TPSA) is 60.0 Å². The van der Waals surface area contributed by atoms with Crippen LogP contribution in [0.25, 0.3) is 0 Å². The quantitative estimate of drug-likeness (QED) is 0.830. The molecule has 21 heavy (non-hydrogen) atoms. The monoisotopic (exact) mass is 285 g/mol. The van der Waals surface area contributed by atoms with Crippen LogP contribution in [0.2, 0.25) is 0 Å². The highest BCUT2D eigenvalue weighted by Crippen LogP contribution is 2.35. The molecule has 1 atom stereocenters. The van der Waals surface area contributed by atoms with Crippen molar-refractivity contribution in [1.82, 2.24) is 0 Å². The number of rotatable bonds is 2. The Labute approximate surface area is 122 Å². The van der Waals surface area contributed by atoms with Gasteiger partial charge in [-0.3, -0.25) is 0 Å². The maximum Gasteiger partial charge on any atom is 0.231 e. The van der Waals surface area contributed by atoms with Gasteiger partial charge < -0.3 is 24.6 Å². The fraction of sp³-hybridized carbons (Fsp3) is 0.250. The summed E-state index contributed by atoms with van der Waals surface area (Å²) in [7, 11) is 0. The highest BCUT2D eigenvalue weighted by atomic mass is 16.7. The van der Waals surface area contributed by atoms with E-state index in [4.69, 9.17) is 14.2 Å². The number of ether oxygens (including phenoxy) is 3. The van der Waals surface area contributed by atoms with Gasteiger partial charge in [0.05, 0.1) is 12.2 Å². The third-order valence-electron chi connectivity index (χ3n) is 3.68. The van der Waals surface area contributed by atoms with Crippen LogP contribution in [0, 0.1) is 0 Å². The fourth-order valence-corrected chi connectivity index (χ4v) is 2.64. The number of phenols is 1. The second-order valence-electron chi connectivity index (χ2n) is 5.19. The number of phenolic OH excluding ortho intramolecular Hbond substituents is 1. The van der Waals surface area contributed by atoms with Crippen molar-refractivity contribution in [3.8, 4) is 23.0 Å². The minimum atomic E-state index is 0.0136. The minimum Gasteiger partial charge on any atom is -0.508 e. The van der Waals surface area contributed by atoms with E-state index < -0.39 is 0 Å². The summed E-state index contributed by atoms with van der Waals surface area (Å²) < 4.78 is 16.6. The molecule has 2 aromatic rings. The SMILES string of the molecule is Oc1ccc2c(c1)OC(Cc1ccc3c(c1)OCO3)CN2. The number of aromatic hydroxyl groups is 1. The Morgan fingerprint density at radius 2 is 1.95 bits per heavy atom. The number of hydrogen-bond donors (Lipinski definition) is 2. The van der Waals surface area contributed by atoms with Gasteiger partial charge >= 0.3 is 0 Å². The van der Waals surface area contributed by atoms with Crippen LogP contribution in [0.5, 0.6) is 23.0 Å². The normalized spacial score (nSPS) is 18.6. The molecule has 0 saturated heterocycles. The van der Waals surface area contributed by atoms with Gasteiger partial charge in [0.1, 0.15) is 17.6 Å². The van der Waals surface area contributed by atoms with Gasteiger partial charge in [0, 0.05) is 12.5 Å². The molecule has 0 amide bonds. The molecule has 0 aromatic heterocycles. The average Bonchev–Trinajstić information content (AvgIpc) is 2.94. The number of hydrogen-bond acceptors (Lipinski definition) is 5. The van der Waals surface area contributed by atoms with Gasteiger partial charge in [-0.25, -0.2) is 0 Å². The van der Waals surface area contributed by atoms with Crippen LogP contribution in [-0.4, -0.2) is 24.5 Å². The van der Waals surface area contributed by atoms with Gasteiger partial charge in [-0.05, 0) is 29.8 Å². The number of nitrogens with one attached hydrogen (secondary N) is 1. The summed E-state index contributed by atoms with van der Waals surface area (Å²) in [6, 6.07) is 11.0. The maximum atomic E-state index is 9.53. The van der Waals surface area contributed by atoms with Crippen molar-refractivity contribution in [3.05, 3.63) is 42.0 Å². The maximum absolute atomic E-state index is 9.53. The lowest BCUT2D eigenvalue weighted by Crippen LogP contribution is -2.32. The Kier molecular flexibility index (Phi) is 2.77. The molecule has 0 aliphatic carbocycles. The summed E-state index contributed by atoms with van der Waals surface area (Å²) in [5.74, 6) is 2.47. The van der Waals surface area contributed by atoms with Crippen LogP contribution in [0.3, 0.4) is 0 Å². The molecule has 5 heteroatoms.